The summed E-state index contributed by atoms with van der Waals surface area (Å²) in [7, 11) is 0. The molecule has 100 valence electrons. The van der Waals surface area contributed by atoms with E-state index in [0.29, 0.717) is 23.2 Å². The predicted molar refractivity (Wildman–Crippen MR) is 71.6 cm³/mol. The van der Waals surface area contributed by atoms with E-state index in [9.17, 15) is 4.79 Å². The van der Waals surface area contributed by atoms with E-state index in [1.54, 1.807) is 12.1 Å². The summed E-state index contributed by atoms with van der Waals surface area (Å²) in [5.41, 5.74) is 1.47. The third kappa shape index (κ3) is 2.16. The van der Waals surface area contributed by atoms with Crippen molar-refractivity contribution >= 4 is 23.1 Å². The highest BCUT2D eigenvalue weighted by molar-refractivity contribution is 5.92. The Hall–Kier alpha value is -2.04. The van der Waals surface area contributed by atoms with Crippen LogP contribution >= 0.6 is 0 Å². The van der Waals surface area contributed by atoms with Crippen LogP contribution < -0.4 is 4.90 Å². The average Bonchev–Trinajstić information content (AvgIpc) is 2.81. The van der Waals surface area contributed by atoms with Crippen LogP contribution in [0.2, 0.25) is 0 Å². The fraction of sp³-hybridized carbons (Fsp3) is 0.429. The van der Waals surface area contributed by atoms with Crippen molar-refractivity contribution < 1.29 is 14.3 Å². The van der Waals surface area contributed by atoms with Crippen molar-refractivity contribution in [2.75, 3.05) is 11.4 Å². The number of piperidine rings is 1. The molecule has 1 aliphatic heterocycles. The fourth-order valence-electron chi connectivity index (χ4n) is 2.55. The molecule has 3 rings (SSSR count). The van der Waals surface area contributed by atoms with E-state index < -0.39 is 5.97 Å². The first kappa shape index (κ1) is 12.0. The Bertz CT molecular complexity index is 620. The van der Waals surface area contributed by atoms with Crippen LogP contribution in [-0.4, -0.2) is 28.6 Å². The van der Waals surface area contributed by atoms with E-state index in [1.165, 1.54) is 12.5 Å². The van der Waals surface area contributed by atoms with E-state index in [-0.39, 0.29) is 5.56 Å². The Kier molecular flexibility index (Phi) is 2.89. The van der Waals surface area contributed by atoms with E-state index in [1.807, 2.05) is 0 Å². The first-order valence-corrected chi connectivity index (χ1v) is 6.55. The van der Waals surface area contributed by atoms with Gasteiger partial charge in [0.1, 0.15) is 5.52 Å². The molecule has 0 spiro atoms. The summed E-state index contributed by atoms with van der Waals surface area (Å²) in [5.74, 6) is -0.953. The molecule has 0 bridgehead atoms. The number of aromatic nitrogens is 1. The Morgan fingerprint density at radius 3 is 3.05 bits per heavy atom. The minimum absolute atomic E-state index is 0.224. The second-order valence-corrected chi connectivity index (χ2v) is 5.02. The van der Waals surface area contributed by atoms with Gasteiger partial charge >= 0.3 is 5.97 Å². The summed E-state index contributed by atoms with van der Waals surface area (Å²) < 4.78 is 5.72. The van der Waals surface area contributed by atoms with Crippen LogP contribution in [0.4, 0.5) is 6.01 Å². The van der Waals surface area contributed by atoms with Gasteiger partial charge in [-0.25, -0.2) is 4.79 Å². The maximum absolute atomic E-state index is 10.9. The maximum atomic E-state index is 10.9. The van der Waals surface area contributed by atoms with Gasteiger partial charge in [0.2, 0.25) is 0 Å². The molecule has 0 amide bonds. The highest BCUT2D eigenvalue weighted by atomic mass is 16.4. The number of rotatable bonds is 2. The molecule has 0 saturated carbocycles. The van der Waals surface area contributed by atoms with Crippen molar-refractivity contribution in [3.05, 3.63) is 23.8 Å². The molecule has 1 fully saturated rings. The third-order valence-electron chi connectivity index (χ3n) is 3.67. The molecule has 1 atom stereocenters. The van der Waals surface area contributed by atoms with Gasteiger partial charge in [0.25, 0.3) is 6.01 Å². The number of anilines is 1. The monoisotopic (exact) mass is 260 g/mol. The predicted octanol–water partition coefficient (Wildman–Crippen LogP) is 2.90. The lowest BCUT2D eigenvalue weighted by Crippen LogP contribution is -2.37. The maximum Gasteiger partial charge on any atom is 0.335 e. The van der Waals surface area contributed by atoms with Crippen molar-refractivity contribution in [3.8, 4) is 0 Å². The number of oxazole rings is 1. The van der Waals surface area contributed by atoms with Gasteiger partial charge in [0.05, 0.1) is 5.56 Å². The van der Waals surface area contributed by atoms with Gasteiger partial charge in [0, 0.05) is 12.6 Å². The van der Waals surface area contributed by atoms with Crippen LogP contribution in [-0.2, 0) is 0 Å². The lowest BCUT2D eigenvalue weighted by Gasteiger charge is -2.31. The van der Waals surface area contributed by atoms with Crippen molar-refractivity contribution in [1.82, 2.24) is 4.98 Å². The molecule has 1 N–H and O–H groups in total. The lowest BCUT2D eigenvalue weighted by atomic mass is 10.0. The molecule has 0 radical (unpaired) electrons. The SMILES string of the molecule is CC1CCCCN1c1nc2ccc(C(=O)O)cc2o1. The highest BCUT2D eigenvalue weighted by Gasteiger charge is 2.23. The van der Waals surface area contributed by atoms with Gasteiger partial charge in [-0.1, -0.05) is 0 Å². The number of benzene rings is 1. The third-order valence-corrected chi connectivity index (χ3v) is 3.67. The molecule has 1 aromatic heterocycles. The Morgan fingerprint density at radius 2 is 2.32 bits per heavy atom. The number of aromatic carboxylic acids is 1. The van der Waals surface area contributed by atoms with Crippen LogP contribution in [0.15, 0.2) is 22.6 Å². The largest absolute Gasteiger partial charge is 0.478 e. The summed E-state index contributed by atoms with van der Waals surface area (Å²) >= 11 is 0. The molecular formula is C14H16N2O3. The van der Waals surface area contributed by atoms with Crippen LogP contribution in [0.3, 0.4) is 0 Å². The van der Waals surface area contributed by atoms with Crippen LogP contribution in [0.1, 0.15) is 36.5 Å². The van der Waals surface area contributed by atoms with E-state index in [4.69, 9.17) is 9.52 Å². The molecule has 1 aromatic carbocycles. The van der Waals surface area contributed by atoms with Gasteiger partial charge in [-0.3, -0.25) is 0 Å². The summed E-state index contributed by atoms with van der Waals surface area (Å²) in [6.45, 7) is 3.11. The molecule has 2 heterocycles. The van der Waals surface area contributed by atoms with Gasteiger partial charge < -0.3 is 14.4 Å². The smallest absolute Gasteiger partial charge is 0.335 e. The van der Waals surface area contributed by atoms with Crippen molar-refractivity contribution in [1.29, 1.82) is 0 Å². The summed E-state index contributed by atoms with van der Waals surface area (Å²) in [6, 6.07) is 5.80. The molecule has 1 unspecified atom stereocenters. The Morgan fingerprint density at radius 1 is 1.47 bits per heavy atom. The number of fused-ring (bicyclic) bond motifs is 1. The highest BCUT2D eigenvalue weighted by Crippen LogP contribution is 2.28. The lowest BCUT2D eigenvalue weighted by molar-refractivity contribution is 0.0697. The zero-order chi connectivity index (χ0) is 13.4. The Balaban J connectivity index is 1.99. The van der Waals surface area contributed by atoms with Gasteiger partial charge in [0.15, 0.2) is 5.58 Å². The second-order valence-electron chi connectivity index (χ2n) is 5.02. The molecule has 2 aromatic rings. The van der Waals surface area contributed by atoms with E-state index in [2.05, 4.69) is 16.8 Å². The van der Waals surface area contributed by atoms with Gasteiger partial charge in [-0.15, -0.1) is 0 Å². The molecule has 1 saturated heterocycles. The summed E-state index contributed by atoms with van der Waals surface area (Å²) in [6.07, 6.45) is 3.52. The van der Waals surface area contributed by atoms with Gasteiger partial charge in [-0.05, 0) is 44.4 Å². The first-order chi connectivity index (χ1) is 9.15. The molecule has 5 nitrogen and oxygen atoms in total. The topological polar surface area (TPSA) is 66.6 Å². The van der Waals surface area contributed by atoms with Crippen LogP contribution in [0.5, 0.6) is 0 Å². The van der Waals surface area contributed by atoms with Crippen molar-refractivity contribution in [3.63, 3.8) is 0 Å². The summed E-state index contributed by atoms with van der Waals surface area (Å²) in [4.78, 5) is 17.5. The number of hydrogen-bond acceptors (Lipinski definition) is 4. The standard InChI is InChI=1S/C14H16N2O3/c1-9-4-2-3-7-16(9)14-15-11-6-5-10(13(17)18)8-12(11)19-14/h5-6,8-9H,2-4,7H2,1H3,(H,17,18). The van der Waals surface area contributed by atoms with E-state index in [0.717, 1.165) is 19.4 Å². The second kappa shape index (κ2) is 4.57. The Labute approximate surface area is 110 Å². The van der Waals surface area contributed by atoms with Gasteiger partial charge in [-0.2, -0.15) is 4.98 Å². The van der Waals surface area contributed by atoms with Crippen molar-refractivity contribution in [2.45, 2.75) is 32.2 Å². The zero-order valence-corrected chi connectivity index (χ0v) is 10.8. The molecule has 0 aliphatic carbocycles. The number of carbonyl (C=O) groups is 1. The van der Waals surface area contributed by atoms with Crippen molar-refractivity contribution in [2.24, 2.45) is 0 Å². The number of carboxylic acids is 1. The zero-order valence-electron chi connectivity index (χ0n) is 10.8. The quantitative estimate of drug-likeness (QED) is 0.899. The van der Waals surface area contributed by atoms with Crippen LogP contribution in [0, 0.1) is 0 Å². The number of carboxylic acid groups (broad SMARTS) is 1. The molecule has 5 heteroatoms. The molecule has 19 heavy (non-hydrogen) atoms. The average molecular weight is 260 g/mol. The molecular weight excluding hydrogens is 244 g/mol. The first-order valence-electron chi connectivity index (χ1n) is 6.55. The summed E-state index contributed by atoms with van der Waals surface area (Å²) in [5, 5.41) is 8.97. The molecule has 1 aliphatic rings. The van der Waals surface area contributed by atoms with Crippen LogP contribution in [0.25, 0.3) is 11.1 Å². The minimum atomic E-state index is -0.953. The number of nitrogens with zero attached hydrogens (tertiary/aromatic N) is 2. The fourth-order valence-corrected chi connectivity index (χ4v) is 2.55. The number of hydrogen-bond donors (Lipinski definition) is 1. The minimum Gasteiger partial charge on any atom is -0.478 e. The van der Waals surface area contributed by atoms with E-state index >= 15 is 0 Å². The normalized spacial score (nSPS) is 19.8.